The molecule has 11 heavy (non-hydrogen) atoms. The minimum absolute atomic E-state index is 0.316. The van der Waals surface area contributed by atoms with Crippen LogP contribution in [0.25, 0.3) is 0 Å². The van der Waals surface area contributed by atoms with Gasteiger partial charge in [0.15, 0.2) is 0 Å². The van der Waals surface area contributed by atoms with Crippen molar-refractivity contribution in [2.45, 2.75) is 32.1 Å². The summed E-state index contributed by atoms with van der Waals surface area (Å²) < 4.78 is 29.2. The lowest BCUT2D eigenvalue weighted by atomic mass is 10.1. The maximum atomic E-state index is 10.4. The summed E-state index contributed by atoms with van der Waals surface area (Å²) in [6.07, 6.45) is 1.03. The van der Waals surface area contributed by atoms with Crippen LogP contribution in [0.5, 0.6) is 0 Å². The fourth-order valence-corrected chi connectivity index (χ4v) is 1.08. The van der Waals surface area contributed by atoms with Gasteiger partial charge in [-0.3, -0.25) is 4.55 Å². The van der Waals surface area contributed by atoms with E-state index in [9.17, 15) is 8.42 Å². The molecule has 68 valence electrons. The van der Waals surface area contributed by atoms with Crippen LogP contribution in [0.1, 0.15) is 26.7 Å². The zero-order chi connectivity index (χ0) is 9.07. The summed E-state index contributed by atoms with van der Waals surface area (Å²) in [4.78, 5) is 0. The minimum atomic E-state index is -4.02. The summed E-state index contributed by atoms with van der Waals surface area (Å²) >= 11 is 0. The van der Waals surface area contributed by atoms with Crippen LogP contribution in [-0.2, 0) is 10.1 Å². The molecule has 1 atom stereocenters. The molecule has 0 aliphatic carbocycles. The lowest BCUT2D eigenvalue weighted by Crippen LogP contribution is -2.30. The Labute approximate surface area is 67.5 Å². The highest BCUT2D eigenvalue weighted by molar-refractivity contribution is 7.86. The second kappa shape index (κ2) is 4.04. The van der Waals surface area contributed by atoms with E-state index in [4.69, 9.17) is 10.3 Å². The van der Waals surface area contributed by atoms with Crippen molar-refractivity contribution in [2.24, 2.45) is 11.7 Å². The molecule has 0 amide bonds. The van der Waals surface area contributed by atoms with E-state index in [0.717, 1.165) is 0 Å². The molecule has 3 N–H and O–H groups in total. The first kappa shape index (κ1) is 10.9. The van der Waals surface area contributed by atoms with E-state index in [-0.39, 0.29) is 0 Å². The molecule has 0 spiro atoms. The third-order valence-corrected chi connectivity index (χ3v) is 2.41. The summed E-state index contributed by atoms with van der Waals surface area (Å²) in [6, 6.07) is 0. The van der Waals surface area contributed by atoms with Crippen molar-refractivity contribution in [3.05, 3.63) is 0 Å². The van der Waals surface area contributed by atoms with E-state index < -0.39 is 15.5 Å². The van der Waals surface area contributed by atoms with Gasteiger partial charge < -0.3 is 5.73 Å². The van der Waals surface area contributed by atoms with Gasteiger partial charge in [-0.1, -0.05) is 13.8 Å². The fourth-order valence-electron chi connectivity index (χ4n) is 0.647. The van der Waals surface area contributed by atoms with Gasteiger partial charge in [-0.15, -0.1) is 0 Å². The predicted molar refractivity (Wildman–Crippen MR) is 43.6 cm³/mol. The first-order valence-corrected chi connectivity index (χ1v) is 5.06. The van der Waals surface area contributed by atoms with E-state index in [2.05, 4.69) is 0 Å². The normalized spacial score (nSPS) is 15.4. The Morgan fingerprint density at radius 1 is 1.36 bits per heavy atom. The third kappa shape index (κ3) is 5.17. The van der Waals surface area contributed by atoms with Crippen LogP contribution in [0.15, 0.2) is 0 Å². The zero-order valence-electron chi connectivity index (χ0n) is 6.82. The third-order valence-electron chi connectivity index (χ3n) is 1.41. The molecular weight excluding hydrogens is 166 g/mol. The SMILES string of the molecule is CC(C)CCC(N)S(=O)(=O)O. The number of rotatable bonds is 4. The molecule has 0 rings (SSSR count). The van der Waals surface area contributed by atoms with Crippen LogP contribution < -0.4 is 5.73 Å². The Balaban J connectivity index is 3.81. The minimum Gasteiger partial charge on any atom is -0.313 e. The fraction of sp³-hybridized carbons (Fsp3) is 1.00. The Bertz CT molecular complexity index is 198. The first-order valence-electron chi connectivity index (χ1n) is 3.56. The molecule has 0 heterocycles. The maximum Gasteiger partial charge on any atom is 0.280 e. The molecule has 5 heteroatoms. The molecule has 0 fully saturated rings. The summed E-state index contributed by atoms with van der Waals surface area (Å²) in [7, 11) is -4.02. The Morgan fingerprint density at radius 3 is 2.09 bits per heavy atom. The standard InChI is InChI=1S/C6H15NO3S/c1-5(2)3-4-6(7)11(8,9)10/h5-6H,3-4,7H2,1-2H3,(H,8,9,10). The summed E-state index contributed by atoms with van der Waals surface area (Å²) in [5.74, 6) is 0.405. The van der Waals surface area contributed by atoms with Gasteiger partial charge in [0.1, 0.15) is 5.37 Å². The lowest BCUT2D eigenvalue weighted by molar-refractivity contribution is 0.451. The summed E-state index contributed by atoms with van der Waals surface area (Å²) in [5.41, 5.74) is 5.16. The van der Waals surface area contributed by atoms with Crippen LogP contribution in [-0.4, -0.2) is 18.3 Å². The van der Waals surface area contributed by atoms with Gasteiger partial charge in [0.2, 0.25) is 0 Å². The number of nitrogens with two attached hydrogens (primary N) is 1. The highest BCUT2D eigenvalue weighted by Gasteiger charge is 2.17. The molecular formula is C6H15NO3S. The van der Waals surface area contributed by atoms with Crippen molar-refractivity contribution in [2.75, 3.05) is 0 Å². The smallest absolute Gasteiger partial charge is 0.280 e. The molecule has 0 aromatic heterocycles. The van der Waals surface area contributed by atoms with Crippen molar-refractivity contribution in [3.63, 3.8) is 0 Å². The zero-order valence-corrected chi connectivity index (χ0v) is 7.63. The predicted octanol–water partition coefficient (Wildman–Crippen LogP) is 0.595. The molecule has 0 aliphatic rings. The van der Waals surface area contributed by atoms with E-state index in [1.807, 2.05) is 13.8 Å². The van der Waals surface area contributed by atoms with Crippen LogP contribution in [0.2, 0.25) is 0 Å². The van der Waals surface area contributed by atoms with Crippen molar-refractivity contribution in [1.82, 2.24) is 0 Å². The van der Waals surface area contributed by atoms with Gasteiger partial charge in [-0.05, 0) is 18.8 Å². The van der Waals surface area contributed by atoms with E-state index in [1.54, 1.807) is 0 Å². The monoisotopic (exact) mass is 181 g/mol. The van der Waals surface area contributed by atoms with Crippen LogP contribution in [0.3, 0.4) is 0 Å². The molecule has 0 aromatic rings. The van der Waals surface area contributed by atoms with Crippen molar-refractivity contribution in [3.8, 4) is 0 Å². The highest BCUT2D eigenvalue weighted by atomic mass is 32.2. The summed E-state index contributed by atoms with van der Waals surface area (Å²) in [5, 5.41) is -1.12. The lowest BCUT2D eigenvalue weighted by Gasteiger charge is -2.08. The van der Waals surface area contributed by atoms with Gasteiger partial charge >= 0.3 is 0 Å². The van der Waals surface area contributed by atoms with Crippen molar-refractivity contribution >= 4 is 10.1 Å². The molecule has 0 saturated carbocycles. The van der Waals surface area contributed by atoms with E-state index in [1.165, 1.54) is 0 Å². The Kier molecular flexibility index (Phi) is 3.99. The largest absolute Gasteiger partial charge is 0.313 e. The molecule has 4 nitrogen and oxygen atoms in total. The van der Waals surface area contributed by atoms with Crippen LogP contribution >= 0.6 is 0 Å². The second-order valence-corrected chi connectivity index (χ2v) is 4.66. The van der Waals surface area contributed by atoms with Crippen molar-refractivity contribution in [1.29, 1.82) is 0 Å². The summed E-state index contributed by atoms with van der Waals surface area (Å²) in [6.45, 7) is 3.94. The molecule has 0 bridgehead atoms. The second-order valence-electron chi connectivity index (χ2n) is 3.02. The van der Waals surface area contributed by atoms with Gasteiger partial charge in [0.05, 0.1) is 0 Å². The van der Waals surface area contributed by atoms with Gasteiger partial charge in [0.25, 0.3) is 10.1 Å². The molecule has 0 saturated heterocycles. The van der Waals surface area contributed by atoms with E-state index >= 15 is 0 Å². The van der Waals surface area contributed by atoms with Gasteiger partial charge in [0, 0.05) is 0 Å². The molecule has 0 radical (unpaired) electrons. The molecule has 0 aromatic carbocycles. The van der Waals surface area contributed by atoms with Crippen LogP contribution in [0, 0.1) is 5.92 Å². The number of hydrogen-bond donors (Lipinski definition) is 2. The average Bonchev–Trinajstić information content (AvgIpc) is 1.80. The first-order chi connectivity index (χ1) is 4.84. The van der Waals surface area contributed by atoms with Gasteiger partial charge in [-0.2, -0.15) is 8.42 Å². The highest BCUT2D eigenvalue weighted by Crippen LogP contribution is 2.07. The van der Waals surface area contributed by atoms with Crippen LogP contribution in [0.4, 0.5) is 0 Å². The quantitative estimate of drug-likeness (QED) is 0.622. The maximum absolute atomic E-state index is 10.4. The number of hydrogen-bond acceptors (Lipinski definition) is 3. The van der Waals surface area contributed by atoms with Crippen molar-refractivity contribution < 1.29 is 13.0 Å². The Morgan fingerprint density at radius 2 is 1.82 bits per heavy atom. The van der Waals surface area contributed by atoms with Gasteiger partial charge in [-0.25, -0.2) is 0 Å². The topological polar surface area (TPSA) is 80.4 Å². The Hall–Kier alpha value is -0.130. The van der Waals surface area contributed by atoms with E-state index in [0.29, 0.717) is 18.8 Å². The average molecular weight is 181 g/mol. The molecule has 1 unspecified atom stereocenters. The molecule has 0 aliphatic heterocycles.